The Kier molecular flexibility index (Phi) is 5.33. The predicted molar refractivity (Wildman–Crippen MR) is 93.4 cm³/mol. The van der Waals surface area contributed by atoms with Gasteiger partial charge in [-0.1, -0.05) is 11.6 Å². The Balaban J connectivity index is 1.58. The van der Waals surface area contributed by atoms with Crippen LogP contribution in [0.3, 0.4) is 0 Å². The molecule has 0 aliphatic carbocycles. The van der Waals surface area contributed by atoms with Crippen LogP contribution in [0.25, 0.3) is 0 Å². The normalized spacial score (nSPS) is 15.3. The summed E-state index contributed by atoms with van der Waals surface area (Å²) in [6.07, 6.45) is 3.62. The van der Waals surface area contributed by atoms with Crippen molar-refractivity contribution >= 4 is 17.5 Å². The fourth-order valence-corrected chi connectivity index (χ4v) is 3.10. The SMILES string of the molecule is COc1ccc(C(=O)N2CCN(Cc3ccncc3)CC2)cc1Cl. The van der Waals surface area contributed by atoms with Crippen molar-refractivity contribution in [2.24, 2.45) is 0 Å². The molecular weight excluding hydrogens is 326 g/mol. The summed E-state index contributed by atoms with van der Waals surface area (Å²) in [6, 6.07) is 9.21. The van der Waals surface area contributed by atoms with Gasteiger partial charge in [-0.3, -0.25) is 14.7 Å². The van der Waals surface area contributed by atoms with Crippen LogP contribution >= 0.6 is 11.6 Å². The number of nitrogens with zero attached hydrogens (tertiary/aromatic N) is 3. The number of aromatic nitrogens is 1. The van der Waals surface area contributed by atoms with Crippen molar-refractivity contribution < 1.29 is 9.53 Å². The van der Waals surface area contributed by atoms with Gasteiger partial charge < -0.3 is 9.64 Å². The van der Waals surface area contributed by atoms with E-state index in [2.05, 4.69) is 9.88 Å². The lowest BCUT2D eigenvalue weighted by molar-refractivity contribution is 0.0628. The van der Waals surface area contributed by atoms with Gasteiger partial charge in [0.05, 0.1) is 12.1 Å². The summed E-state index contributed by atoms with van der Waals surface area (Å²) in [5.74, 6) is 0.596. The molecule has 0 radical (unpaired) electrons. The number of rotatable bonds is 4. The largest absolute Gasteiger partial charge is 0.495 e. The first kappa shape index (κ1) is 16.7. The number of piperazine rings is 1. The van der Waals surface area contributed by atoms with E-state index in [-0.39, 0.29) is 5.91 Å². The van der Waals surface area contributed by atoms with Gasteiger partial charge in [0.25, 0.3) is 5.91 Å². The molecule has 0 N–H and O–H groups in total. The number of carbonyl (C=O) groups is 1. The molecule has 5 nitrogen and oxygen atoms in total. The highest BCUT2D eigenvalue weighted by Crippen LogP contribution is 2.25. The zero-order valence-electron chi connectivity index (χ0n) is 13.6. The van der Waals surface area contributed by atoms with Crippen LogP contribution in [0, 0.1) is 0 Å². The molecule has 1 aromatic carbocycles. The van der Waals surface area contributed by atoms with Crippen LogP contribution in [0.4, 0.5) is 0 Å². The van der Waals surface area contributed by atoms with Gasteiger partial charge in [-0.05, 0) is 35.9 Å². The number of pyridine rings is 1. The minimum atomic E-state index is 0.0168. The maximum absolute atomic E-state index is 12.6. The number of halogens is 1. The molecule has 2 aromatic rings. The van der Waals surface area contributed by atoms with E-state index in [4.69, 9.17) is 16.3 Å². The third-order valence-corrected chi connectivity index (χ3v) is 4.51. The van der Waals surface area contributed by atoms with Crippen LogP contribution in [0.1, 0.15) is 15.9 Å². The van der Waals surface area contributed by atoms with E-state index in [1.165, 1.54) is 5.56 Å². The minimum absolute atomic E-state index is 0.0168. The molecule has 3 rings (SSSR count). The van der Waals surface area contributed by atoms with Gasteiger partial charge in [-0.2, -0.15) is 0 Å². The molecule has 1 aliphatic rings. The molecule has 1 amide bonds. The predicted octanol–water partition coefficient (Wildman–Crippen LogP) is 2.70. The van der Waals surface area contributed by atoms with Crippen LogP contribution < -0.4 is 4.74 Å². The van der Waals surface area contributed by atoms with Crippen LogP contribution in [-0.2, 0) is 6.54 Å². The summed E-state index contributed by atoms with van der Waals surface area (Å²) in [6.45, 7) is 4.04. The van der Waals surface area contributed by atoms with Crippen LogP contribution in [0.15, 0.2) is 42.7 Å². The van der Waals surface area contributed by atoms with E-state index in [1.54, 1.807) is 25.3 Å². The molecule has 1 aromatic heterocycles. The van der Waals surface area contributed by atoms with Gasteiger partial charge in [0.15, 0.2) is 0 Å². The van der Waals surface area contributed by atoms with Crippen molar-refractivity contribution in [2.45, 2.75) is 6.54 Å². The van der Waals surface area contributed by atoms with Crippen molar-refractivity contribution in [1.82, 2.24) is 14.8 Å². The second-order valence-corrected chi connectivity index (χ2v) is 6.18. The van der Waals surface area contributed by atoms with Gasteiger partial charge in [0.1, 0.15) is 5.75 Å². The first-order valence-electron chi connectivity index (χ1n) is 7.91. The van der Waals surface area contributed by atoms with Gasteiger partial charge in [0.2, 0.25) is 0 Å². The van der Waals surface area contributed by atoms with E-state index in [1.807, 2.05) is 29.4 Å². The second-order valence-electron chi connectivity index (χ2n) is 5.77. The lowest BCUT2D eigenvalue weighted by Crippen LogP contribution is -2.48. The maximum atomic E-state index is 12.6. The molecule has 0 unspecified atom stereocenters. The summed E-state index contributed by atoms with van der Waals surface area (Å²) in [4.78, 5) is 20.9. The Bertz CT molecular complexity index is 701. The number of methoxy groups -OCH3 is 1. The highest BCUT2D eigenvalue weighted by molar-refractivity contribution is 6.32. The van der Waals surface area contributed by atoms with E-state index in [0.717, 1.165) is 19.6 Å². The number of hydrogen-bond acceptors (Lipinski definition) is 4. The number of ether oxygens (including phenoxy) is 1. The number of benzene rings is 1. The zero-order chi connectivity index (χ0) is 16.9. The van der Waals surface area contributed by atoms with E-state index in [0.29, 0.717) is 29.4 Å². The molecule has 126 valence electrons. The maximum Gasteiger partial charge on any atom is 0.253 e. The monoisotopic (exact) mass is 345 g/mol. The third-order valence-electron chi connectivity index (χ3n) is 4.21. The molecule has 0 spiro atoms. The summed E-state index contributed by atoms with van der Waals surface area (Å²) in [5, 5.41) is 0.458. The molecule has 1 fully saturated rings. The molecular formula is C18H20ClN3O2. The van der Waals surface area contributed by atoms with E-state index < -0.39 is 0 Å². The van der Waals surface area contributed by atoms with Gasteiger partial charge in [0, 0.05) is 50.7 Å². The number of carbonyl (C=O) groups excluding carboxylic acids is 1. The van der Waals surface area contributed by atoms with Gasteiger partial charge in [-0.15, -0.1) is 0 Å². The Morgan fingerprint density at radius 1 is 1.17 bits per heavy atom. The van der Waals surface area contributed by atoms with Gasteiger partial charge >= 0.3 is 0 Å². The zero-order valence-corrected chi connectivity index (χ0v) is 14.4. The molecule has 6 heteroatoms. The van der Waals surface area contributed by atoms with Crippen molar-refractivity contribution in [3.8, 4) is 5.75 Å². The molecule has 2 heterocycles. The summed E-state index contributed by atoms with van der Waals surface area (Å²) < 4.78 is 5.13. The lowest BCUT2D eigenvalue weighted by atomic mass is 10.1. The van der Waals surface area contributed by atoms with Crippen molar-refractivity contribution in [1.29, 1.82) is 0 Å². The average Bonchev–Trinajstić information content (AvgIpc) is 2.62. The molecule has 1 saturated heterocycles. The summed E-state index contributed by atoms with van der Waals surface area (Å²) in [7, 11) is 1.56. The summed E-state index contributed by atoms with van der Waals surface area (Å²) in [5.41, 5.74) is 1.84. The van der Waals surface area contributed by atoms with E-state index >= 15 is 0 Å². The van der Waals surface area contributed by atoms with Gasteiger partial charge in [-0.25, -0.2) is 0 Å². The van der Waals surface area contributed by atoms with E-state index in [9.17, 15) is 4.79 Å². The highest BCUT2D eigenvalue weighted by Gasteiger charge is 2.22. The fraction of sp³-hybridized carbons (Fsp3) is 0.333. The Hall–Kier alpha value is -2.11. The van der Waals surface area contributed by atoms with Crippen molar-refractivity contribution in [3.63, 3.8) is 0 Å². The minimum Gasteiger partial charge on any atom is -0.495 e. The first-order valence-corrected chi connectivity index (χ1v) is 8.29. The smallest absolute Gasteiger partial charge is 0.253 e. The molecule has 1 aliphatic heterocycles. The van der Waals surface area contributed by atoms with Crippen LogP contribution in [0.2, 0.25) is 5.02 Å². The average molecular weight is 346 g/mol. The van der Waals surface area contributed by atoms with Crippen molar-refractivity contribution in [3.05, 3.63) is 58.9 Å². The van der Waals surface area contributed by atoms with Crippen molar-refractivity contribution in [2.75, 3.05) is 33.3 Å². The Labute approximate surface area is 146 Å². The Morgan fingerprint density at radius 3 is 2.50 bits per heavy atom. The van der Waals surface area contributed by atoms with Crippen LogP contribution in [-0.4, -0.2) is 54.0 Å². The Morgan fingerprint density at radius 2 is 1.88 bits per heavy atom. The highest BCUT2D eigenvalue weighted by atomic mass is 35.5. The fourth-order valence-electron chi connectivity index (χ4n) is 2.84. The molecule has 0 atom stereocenters. The summed E-state index contributed by atoms with van der Waals surface area (Å²) >= 11 is 6.12. The second kappa shape index (κ2) is 7.64. The molecule has 0 bridgehead atoms. The third kappa shape index (κ3) is 3.86. The molecule has 0 saturated carbocycles. The first-order chi connectivity index (χ1) is 11.7. The topological polar surface area (TPSA) is 45.7 Å². The quantitative estimate of drug-likeness (QED) is 0.854. The number of amides is 1. The van der Waals surface area contributed by atoms with Crippen LogP contribution in [0.5, 0.6) is 5.75 Å². The number of hydrogen-bond donors (Lipinski definition) is 0. The lowest BCUT2D eigenvalue weighted by Gasteiger charge is -2.34. The standard InChI is InChI=1S/C18H20ClN3O2/c1-24-17-3-2-15(12-16(17)19)18(23)22-10-8-21(9-11-22)13-14-4-6-20-7-5-14/h2-7,12H,8-11,13H2,1H3. The molecule has 24 heavy (non-hydrogen) atoms.